The summed E-state index contributed by atoms with van der Waals surface area (Å²) in [5.74, 6) is 0.153. The van der Waals surface area contributed by atoms with Gasteiger partial charge in [-0.15, -0.1) is 0 Å². The first-order chi connectivity index (χ1) is 19.4. The predicted molar refractivity (Wildman–Crippen MR) is 157 cm³/mol. The number of amides is 3. The molecule has 3 fully saturated rings. The van der Waals surface area contributed by atoms with E-state index in [1.807, 2.05) is 38.1 Å². The van der Waals surface area contributed by atoms with E-state index in [-0.39, 0.29) is 59.1 Å². The number of piperidine rings is 1. The summed E-state index contributed by atoms with van der Waals surface area (Å²) in [7, 11) is 0.265. The quantitative estimate of drug-likeness (QED) is 0.529. The number of fused-ring (bicyclic) bond motifs is 3. The summed E-state index contributed by atoms with van der Waals surface area (Å²) in [4.78, 5) is 44.6. The lowest BCUT2D eigenvalue weighted by molar-refractivity contribution is 0.0921. The number of carbonyl (C=O) groups excluding carboxylic acids is 2. The average molecular weight is 588 g/mol. The summed E-state index contributed by atoms with van der Waals surface area (Å²) in [5, 5.41) is 3.82. The van der Waals surface area contributed by atoms with E-state index in [0.29, 0.717) is 19.5 Å². The van der Waals surface area contributed by atoms with Crippen molar-refractivity contribution in [3.05, 3.63) is 40.7 Å². The first kappa shape index (κ1) is 29.4. The number of sulfone groups is 1. The third kappa shape index (κ3) is 6.23. The van der Waals surface area contributed by atoms with Crippen LogP contribution in [0.1, 0.15) is 52.0 Å². The van der Waals surface area contributed by atoms with Gasteiger partial charge in [0.15, 0.2) is 15.6 Å². The van der Waals surface area contributed by atoms with Gasteiger partial charge in [-0.3, -0.25) is 9.69 Å². The van der Waals surface area contributed by atoms with E-state index < -0.39 is 15.9 Å². The van der Waals surface area contributed by atoms with Crippen LogP contribution in [-0.4, -0.2) is 103 Å². The Labute approximate surface area is 241 Å². The topological polar surface area (TPSA) is 121 Å². The second-order valence-corrected chi connectivity index (χ2v) is 14.3. The number of urea groups is 1. The molecule has 5 rings (SSSR count). The van der Waals surface area contributed by atoms with Crippen molar-refractivity contribution in [2.75, 3.05) is 38.7 Å². The van der Waals surface area contributed by atoms with E-state index in [1.165, 1.54) is 4.90 Å². The average Bonchev–Trinajstić information content (AvgIpc) is 3.38. The Kier molecular flexibility index (Phi) is 8.34. The zero-order valence-electron chi connectivity index (χ0n) is 24.3. The Morgan fingerprint density at radius 2 is 1.78 bits per heavy atom. The van der Waals surface area contributed by atoms with Gasteiger partial charge in [0, 0.05) is 62.8 Å². The van der Waals surface area contributed by atoms with Crippen LogP contribution in [0.4, 0.5) is 9.59 Å². The molecule has 11 nitrogen and oxygen atoms in total. The van der Waals surface area contributed by atoms with Gasteiger partial charge in [0.2, 0.25) is 0 Å². The first-order valence-corrected chi connectivity index (χ1v) is 16.3. The van der Waals surface area contributed by atoms with Crippen molar-refractivity contribution in [3.8, 4) is 5.75 Å². The molecular formula is C29H41N5O6S. The SMILES string of the molecule is CC(C)n1c(=O)c(OC(=O)N[C@@H]2C[C@H]3CC[C@@H](C2)N3CCN(C(=O)N(C)C)C2CCS(=O)(=O)C2)cc2ccccc21. The molecule has 12 heteroatoms. The lowest BCUT2D eigenvalue weighted by Crippen LogP contribution is -2.54. The minimum Gasteiger partial charge on any atom is -0.404 e. The van der Waals surface area contributed by atoms with Crippen LogP contribution in [-0.2, 0) is 9.84 Å². The third-order valence-electron chi connectivity index (χ3n) is 8.71. The fourth-order valence-electron chi connectivity index (χ4n) is 6.83. The van der Waals surface area contributed by atoms with Crippen LogP contribution < -0.4 is 15.6 Å². The molecule has 4 heterocycles. The molecule has 41 heavy (non-hydrogen) atoms. The molecule has 1 aromatic carbocycles. The van der Waals surface area contributed by atoms with Crippen molar-refractivity contribution >= 4 is 32.9 Å². The van der Waals surface area contributed by atoms with Gasteiger partial charge in [0.05, 0.1) is 17.0 Å². The first-order valence-electron chi connectivity index (χ1n) is 14.5. The molecule has 1 aromatic heterocycles. The van der Waals surface area contributed by atoms with Crippen molar-refractivity contribution < 1.29 is 22.7 Å². The van der Waals surface area contributed by atoms with Gasteiger partial charge < -0.3 is 24.4 Å². The minimum absolute atomic E-state index is 0.00915. The zero-order chi connectivity index (χ0) is 29.5. The number of ether oxygens (including phenoxy) is 1. The largest absolute Gasteiger partial charge is 0.413 e. The highest BCUT2D eigenvalue weighted by Crippen LogP contribution is 2.36. The van der Waals surface area contributed by atoms with Crippen LogP contribution in [0.2, 0.25) is 0 Å². The van der Waals surface area contributed by atoms with Gasteiger partial charge in [-0.05, 0) is 58.1 Å². The summed E-state index contributed by atoms with van der Waals surface area (Å²) < 4.78 is 31.4. The van der Waals surface area contributed by atoms with Crippen molar-refractivity contribution in [3.63, 3.8) is 0 Å². The van der Waals surface area contributed by atoms with E-state index in [2.05, 4.69) is 10.2 Å². The van der Waals surface area contributed by atoms with Crippen LogP contribution in [0, 0.1) is 0 Å². The van der Waals surface area contributed by atoms with E-state index in [0.717, 1.165) is 36.6 Å². The molecule has 0 aliphatic carbocycles. The van der Waals surface area contributed by atoms with Gasteiger partial charge in [-0.1, -0.05) is 18.2 Å². The monoisotopic (exact) mass is 587 g/mol. The number of aromatic nitrogens is 1. The molecule has 3 aliphatic rings. The Morgan fingerprint density at radius 1 is 1.10 bits per heavy atom. The van der Waals surface area contributed by atoms with Crippen LogP contribution in [0.3, 0.4) is 0 Å². The van der Waals surface area contributed by atoms with Gasteiger partial charge in [0.25, 0.3) is 5.56 Å². The third-order valence-corrected chi connectivity index (χ3v) is 10.5. The fourth-order valence-corrected chi connectivity index (χ4v) is 8.57. The Bertz CT molecular complexity index is 1460. The molecule has 224 valence electrons. The van der Waals surface area contributed by atoms with Crippen LogP contribution in [0.5, 0.6) is 5.75 Å². The van der Waals surface area contributed by atoms with Crippen LogP contribution in [0.15, 0.2) is 35.1 Å². The van der Waals surface area contributed by atoms with Crippen molar-refractivity contribution in [1.82, 2.24) is 24.6 Å². The van der Waals surface area contributed by atoms with E-state index in [9.17, 15) is 22.8 Å². The lowest BCUT2D eigenvalue weighted by Gasteiger charge is -2.40. The summed E-state index contributed by atoms with van der Waals surface area (Å²) in [6, 6.07) is 9.04. The van der Waals surface area contributed by atoms with Crippen molar-refractivity contribution in [1.29, 1.82) is 0 Å². The van der Waals surface area contributed by atoms with Gasteiger partial charge in [-0.25, -0.2) is 18.0 Å². The number of rotatable bonds is 7. The smallest absolute Gasteiger partial charge is 0.404 e. The normalized spacial score (nSPS) is 25.4. The summed E-state index contributed by atoms with van der Waals surface area (Å²) >= 11 is 0. The molecule has 2 aromatic rings. The molecule has 1 N–H and O–H groups in total. The number of benzene rings is 1. The fraction of sp³-hybridized carbons (Fsp3) is 0.621. The highest BCUT2D eigenvalue weighted by atomic mass is 32.2. The molecule has 0 saturated carbocycles. The van der Waals surface area contributed by atoms with Gasteiger partial charge in [0.1, 0.15) is 0 Å². The van der Waals surface area contributed by atoms with E-state index >= 15 is 0 Å². The van der Waals surface area contributed by atoms with E-state index in [4.69, 9.17) is 4.74 Å². The molecule has 0 spiro atoms. The molecular weight excluding hydrogens is 546 g/mol. The summed E-state index contributed by atoms with van der Waals surface area (Å²) in [6.45, 7) is 4.97. The number of hydrogen-bond donors (Lipinski definition) is 1. The molecule has 4 atom stereocenters. The van der Waals surface area contributed by atoms with Crippen LogP contribution in [0.25, 0.3) is 10.9 Å². The number of carbonyl (C=O) groups is 2. The molecule has 0 radical (unpaired) electrons. The highest BCUT2D eigenvalue weighted by Gasteiger charge is 2.42. The van der Waals surface area contributed by atoms with Crippen molar-refractivity contribution in [2.45, 2.75) is 76.2 Å². The van der Waals surface area contributed by atoms with E-state index in [1.54, 1.807) is 29.6 Å². The number of hydrogen-bond acceptors (Lipinski definition) is 7. The second kappa shape index (κ2) is 11.6. The molecule has 3 saturated heterocycles. The molecule has 3 aliphatic heterocycles. The van der Waals surface area contributed by atoms with Gasteiger partial charge >= 0.3 is 12.1 Å². The summed E-state index contributed by atoms with van der Waals surface area (Å²) in [5.41, 5.74) is 0.459. The second-order valence-electron chi connectivity index (χ2n) is 12.1. The van der Waals surface area contributed by atoms with Crippen LogP contribution >= 0.6 is 0 Å². The standard InChI is InChI=1S/C29H41N5O6S/c1-19(2)34-25-8-6-5-7-20(25)15-26(27(34)35)40-28(36)30-21-16-22-9-10-23(17-21)32(22)12-13-33(29(37)31(3)4)24-11-14-41(38,39)18-24/h5-8,15,19,21-24H,9-14,16-18H2,1-4H3,(H,30,36)/t21-,22-,23+,24?. The Hall–Kier alpha value is -3.12. The Balaban J connectivity index is 1.21. The van der Waals surface area contributed by atoms with Crippen molar-refractivity contribution in [2.24, 2.45) is 0 Å². The minimum atomic E-state index is -3.11. The number of pyridine rings is 1. The number of nitrogens with one attached hydrogen (secondary N) is 1. The maximum atomic E-state index is 13.1. The maximum absolute atomic E-state index is 13.1. The highest BCUT2D eigenvalue weighted by molar-refractivity contribution is 7.91. The molecule has 3 amide bonds. The lowest BCUT2D eigenvalue weighted by atomic mass is 9.97. The van der Waals surface area contributed by atoms with Gasteiger partial charge in [-0.2, -0.15) is 0 Å². The number of nitrogens with zero attached hydrogens (tertiary/aromatic N) is 4. The molecule has 1 unspecified atom stereocenters. The summed E-state index contributed by atoms with van der Waals surface area (Å²) in [6.07, 6.45) is 3.35. The number of para-hydroxylation sites is 1. The Morgan fingerprint density at radius 3 is 2.39 bits per heavy atom. The predicted octanol–water partition coefficient (Wildman–Crippen LogP) is 2.84. The zero-order valence-corrected chi connectivity index (χ0v) is 25.1. The molecule has 2 bridgehead atoms. The maximum Gasteiger partial charge on any atom is 0.413 e.